The van der Waals surface area contributed by atoms with Crippen LogP contribution in [0.3, 0.4) is 0 Å². The summed E-state index contributed by atoms with van der Waals surface area (Å²) in [4.78, 5) is 4.25. The molecule has 118 valence electrons. The van der Waals surface area contributed by atoms with E-state index in [2.05, 4.69) is 30.4 Å². The number of guanidine groups is 1. The summed E-state index contributed by atoms with van der Waals surface area (Å²) in [5.41, 5.74) is 0. The Bertz CT molecular complexity index is 480. The Hall–Kier alpha value is -0.860. The molecule has 2 heterocycles. The minimum atomic E-state index is 0. The summed E-state index contributed by atoms with van der Waals surface area (Å²) in [6, 6.07) is 0. The minimum absolute atomic E-state index is 0. The first-order valence-electron chi connectivity index (χ1n) is 7.72. The van der Waals surface area contributed by atoms with Crippen molar-refractivity contribution in [3.05, 3.63) is 11.6 Å². The third kappa shape index (κ3) is 4.55. The summed E-state index contributed by atoms with van der Waals surface area (Å²) in [6.45, 7) is 2.77. The van der Waals surface area contributed by atoms with E-state index < -0.39 is 0 Å². The van der Waals surface area contributed by atoms with Crippen LogP contribution in [0.4, 0.5) is 0 Å². The lowest BCUT2D eigenvalue weighted by Gasteiger charge is -2.12. The van der Waals surface area contributed by atoms with Crippen molar-refractivity contribution in [1.29, 1.82) is 0 Å². The second-order valence-corrected chi connectivity index (χ2v) is 5.74. The zero-order valence-corrected chi connectivity index (χ0v) is 15.0. The number of hydrogen-bond donors (Lipinski definition) is 2. The topological polar surface area (TPSA) is 67.1 Å². The first kappa shape index (κ1) is 16.5. The van der Waals surface area contributed by atoms with E-state index >= 15 is 0 Å². The first-order valence-corrected chi connectivity index (χ1v) is 7.72. The number of fused-ring (bicyclic) bond motifs is 1. The highest BCUT2D eigenvalue weighted by molar-refractivity contribution is 14.0. The molecule has 1 saturated carbocycles. The van der Waals surface area contributed by atoms with Crippen LogP contribution in [0.5, 0.6) is 0 Å². The molecule has 21 heavy (non-hydrogen) atoms. The van der Waals surface area contributed by atoms with Gasteiger partial charge in [0.15, 0.2) is 11.8 Å². The quantitative estimate of drug-likeness (QED) is 0.456. The lowest BCUT2D eigenvalue weighted by molar-refractivity contribution is 0.596. The maximum Gasteiger partial charge on any atom is 0.191 e. The van der Waals surface area contributed by atoms with Gasteiger partial charge in [-0.3, -0.25) is 4.99 Å². The number of hydrogen-bond acceptors (Lipinski definition) is 3. The number of aromatic nitrogens is 3. The second kappa shape index (κ2) is 7.95. The lowest BCUT2D eigenvalue weighted by atomic mass is 10.2. The van der Waals surface area contributed by atoms with Gasteiger partial charge in [-0.2, -0.15) is 0 Å². The molecule has 0 unspecified atom stereocenters. The maximum absolute atomic E-state index is 4.32. The monoisotopic (exact) mass is 404 g/mol. The van der Waals surface area contributed by atoms with E-state index in [1.165, 1.54) is 32.1 Å². The molecular formula is C14H25IN6. The van der Waals surface area contributed by atoms with Gasteiger partial charge >= 0.3 is 0 Å². The van der Waals surface area contributed by atoms with Crippen molar-refractivity contribution >= 4 is 29.9 Å². The lowest BCUT2D eigenvalue weighted by Crippen LogP contribution is -2.38. The van der Waals surface area contributed by atoms with E-state index in [0.717, 1.165) is 43.0 Å². The summed E-state index contributed by atoms with van der Waals surface area (Å²) in [6.07, 6.45) is 7.51. The summed E-state index contributed by atoms with van der Waals surface area (Å²) < 4.78 is 2.27. The zero-order valence-electron chi connectivity index (χ0n) is 12.6. The fourth-order valence-corrected chi connectivity index (χ4v) is 2.62. The Labute approximate surface area is 143 Å². The molecule has 1 aromatic heterocycles. The molecule has 1 aromatic rings. The van der Waals surface area contributed by atoms with Gasteiger partial charge in [-0.25, -0.2) is 0 Å². The average Bonchev–Trinajstić information content (AvgIpc) is 3.25. The van der Waals surface area contributed by atoms with Gasteiger partial charge in [0, 0.05) is 26.6 Å². The summed E-state index contributed by atoms with van der Waals surface area (Å²) in [5, 5.41) is 15.3. The predicted octanol–water partition coefficient (Wildman–Crippen LogP) is 1.70. The third-order valence-corrected chi connectivity index (χ3v) is 4.08. The molecule has 2 N–H and O–H groups in total. The Balaban J connectivity index is 0.00000161. The number of aryl methyl sites for hydroxylation is 1. The van der Waals surface area contributed by atoms with E-state index in [1.54, 1.807) is 0 Å². The molecule has 0 amide bonds. The summed E-state index contributed by atoms with van der Waals surface area (Å²) in [7, 11) is 1.81. The molecule has 6 nitrogen and oxygen atoms in total. The fourth-order valence-electron chi connectivity index (χ4n) is 2.62. The number of aliphatic imine (C=N–C) groups is 1. The number of nitrogens with one attached hydrogen (secondary N) is 2. The van der Waals surface area contributed by atoms with Crippen LogP contribution in [0.25, 0.3) is 0 Å². The SMILES string of the molecule is CN=C(NCc1nnc2n1CCCCC2)NCC1CC1.I. The Morgan fingerprint density at radius 1 is 1.24 bits per heavy atom. The molecule has 1 aliphatic carbocycles. The molecule has 7 heteroatoms. The van der Waals surface area contributed by atoms with Gasteiger partial charge in [0.1, 0.15) is 5.82 Å². The summed E-state index contributed by atoms with van der Waals surface area (Å²) in [5.74, 6) is 3.87. The molecule has 0 aromatic carbocycles. The highest BCUT2D eigenvalue weighted by atomic mass is 127. The molecule has 0 radical (unpaired) electrons. The maximum atomic E-state index is 4.32. The molecule has 0 bridgehead atoms. The van der Waals surface area contributed by atoms with E-state index in [4.69, 9.17) is 0 Å². The molecular weight excluding hydrogens is 379 g/mol. The number of rotatable bonds is 4. The van der Waals surface area contributed by atoms with Crippen LogP contribution in [-0.2, 0) is 19.5 Å². The molecule has 3 rings (SSSR count). The van der Waals surface area contributed by atoms with Crippen LogP contribution < -0.4 is 10.6 Å². The molecule has 1 fully saturated rings. The van der Waals surface area contributed by atoms with Crippen molar-refractivity contribution in [3.63, 3.8) is 0 Å². The first-order chi connectivity index (χ1) is 9.86. The largest absolute Gasteiger partial charge is 0.356 e. The minimum Gasteiger partial charge on any atom is -0.356 e. The molecule has 0 atom stereocenters. The van der Waals surface area contributed by atoms with Crippen molar-refractivity contribution in [1.82, 2.24) is 25.4 Å². The van der Waals surface area contributed by atoms with Gasteiger partial charge in [0.05, 0.1) is 6.54 Å². The van der Waals surface area contributed by atoms with Gasteiger partial charge in [0.25, 0.3) is 0 Å². The van der Waals surface area contributed by atoms with E-state index in [0.29, 0.717) is 6.54 Å². The smallest absolute Gasteiger partial charge is 0.191 e. The second-order valence-electron chi connectivity index (χ2n) is 5.74. The van der Waals surface area contributed by atoms with Gasteiger partial charge in [-0.15, -0.1) is 34.2 Å². The van der Waals surface area contributed by atoms with Crippen LogP contribution in [-0.4, -0.2) is 34.3 Å². The summed E-state index contributed by atoms with van der Waals surface area (Å²) >= 11 is 0. The van der Waals surface area contributed by atoms with Crippen LogP contribution in [0.15, 0.2) is 4.99 Å². The normalized spacial score (nSPS) is 18.4. The van der Waals surface area contributed by atoms with Crippen LogP contribution in [0, 0.1) is 5.92 Å². The van der Waals surface area contributed by atoms with E-state index in [9.17, 15) is 0 Å². The average molecular weight is 404 g/mol. The molecule has 0 saturated heterocycles. The van der Waals surface area contributed by atoms with Crippen LogP contribution in [0.1, 0.15) is 43.8 Å². The third-order valence-electron chi connectivity index (χ3n) is 4.08. The van der Waals surface area contributed by atoms with Gasteiger partial charge in [-0.05, 0) is 31.6 Å². The molecule has 2 aliphatic rings. The van der Waals surface area contributed by atoms with Crippen molar-refractivity contribution in [2.24, 2.45) is 10.9 Å². The van der Waals surface area contributed by atoms with Gasteiger partial charge < -0.3 is 15.2 Å². The molecule has 0 spiro atoms. The zero-order chi connectivity index (χ0) is 13.8. The number of nitrogens with zero attached hydrogens (tertiary/aromatic N) is 4. The highest BCUT2D eigenvalue weighted by Crippen LogP contribution is 2.27. The van der Waals surface area contributed by atoms with Crippen molar-refractivity contribution < 1.29 is 0 Å². The van der Waals surface area contributed by atoms with Gasteiger partial charge in [-0.1, -0.05) is 6.42 Å². The van der Waals surface area contributed by atoms with Crippen LogP contribution in [0.2, 0.25) is 0 Å². The van der Waals surface area contributed by atoms with Crippen molar-refractivity contribution in [3.8, 4) is 0 Å². The standard InChI is InChI=1S/C14H24N6.HI/c1-15-14(16-9-11-6-7-11)17-10-13-19-18-12-5-3-2-4-8-20(12)13;/h11H,2-10H2,1H3,(H2,15,16,17);1H. The molecule has 1 aliphatic heterocycles. The van der Waals surface area contributed by atoms with Gasteiger partial charge in [0.2, 0.25) is 0 Å². The van der Waals surface area contributed by atoms with E-state index in [-0.39, 0.29) is 24.0 Å². The van der Waals surface area contributed by atoms with Crippen LogP contribution >= 0.6 is 24.0 Å². The Kier molecular flexibility index (Phi) is 6.25. The van der Waals surface area contributed by atoms with Crippen molar-refractivity contribution in [2.45, 2.75) is 51.6 Å². The van der Waals surface area contributed by atoms with E-state index in [1.807, 2.05) is 7.05 Å². The fraction of sp³-hybridized carbons (Fsp3) is 0.786. The number of halogens is 1. The Morgan fingerprint density at radius 3 is 2.86 bits per heavy atom. The highest BCUT2D eigenvalue weighted by Gasteiger charge is 2.21. The predicted molar refractivity (Wildman–Crippen MR) is 93.9 cm³/mol. The van der Waals surface area contributed by atoms with Crippen molar-refractivity contribution in [2.75, 3.05) is 13.6 Å². The Morgan fingerprint density at radius 2 is 2.10 bits per heavy atom.